The van der Waals surface area contributed by atoms with Crippen molar-refractivity contribution < 1.29 is 14.4 Å². The number of Topliss-reactive ketones (excluding diaryl/α,β-unsaturated/α-hetero) is 2. The van der Waals surface area contributed by atoms with Crippen LogP contribution in [-0.2, 0) is 10.2 Å². The molecule has 4 aromatic rings. The van der Waals surface area contributed by atoms with Crippen LogP contribution in [0.25, 0.3) is 6.08 Å². The Hall–Kier alpha value is -4.00. The van der Waals surface area contributed by atoms with E-state index >= 15 is 0 Å². The van der Waals surface area contributed by atoms with Gasteiger partial charge < -0.3 is 10.2 Å². The molecule has 1 fully saturated rings. The van der Waals surface area contributed by atoms with Crippen LogP contribution >= 0.6 is 22.9 Å². The minimum absolute atomic E-state index is 0.208. The smallest absolute Gasteiger partial charge is 0.238 e. The summed E-state index contributed by atoms with van der Waals surface area (Å²) in [5.74, 6) is -1.66. The van der Waals surface area contributed by atoms with E-state index in [4.69, 9.17) is 11.6 Å². The molecule has 3 aliphatic rings. The largest absolute Gasteiger partial charge is 0.352 e. The number of carbonyl (C=O) groups excluding carboxylic acids is 3. The van der Waals surface area contributed by atoms with Gasteiger partial charge in [0, 0.05) is 22.0 Å². The van der Waals surface area contributed by atoms with E-state index in [1.165, 1.54) is 11.3 Å². The summed E-state index contributed by atoms with van der Waals surface area (Å²) in [7, 11) is 0. The van der Waals surface area contributed by atoms with Crippen molar-refractivity contribution in [1.29, 1.82) is 0 Å². The second kappa shape index (κ2) is 8.76. The number of aryl methyl sites for hydroxylation is 1. The molecule has 0 unspecified atom stereocenters. The summed E-state index contributed by atoms with van der Waals surface area (Å²) in [6.45, 7) is 2.02. The number of nitrogens with zero attached hydrogens (tertiary/aromatic N) is 1. The molecule has 1 amide bonds. The number of hydrogen-bond acceptors (Lipinski definition) is 5. The summed E-state index contributed by atoms with van der Waals surface area (Å²) < 4.78 is 0. The van der Waals surface area contributed by atoms with E-state index in [-0.39, 0.29) is 17.5 Å². The number of rotatable bonds is 4. The van der Waals surface area contributed by atoms with Crippen LogP contribution in [-0.4, -0.2) is 29.6 Å². The molecule has 39 heavy (non-hydrogen) atoms. The molecule has 0 radical (unpaired) electrons. The molecular formula is C32H23ClN2O3S. The number of anilines is 2. The van der Waals surface area contributed by atoms with E-state index in [2.05, 4.69) is 11.4 Å². The molecule has 3 aromatic carbocycles. The number of hydrogen-bond donors (Lipinski definition) is 1. The second-order valence-corrected chi connectivity index (χ2v) is 11.7. The fourth-order valence-electron chi connectivity index (χ4n) is 6.66. The lowest BCUT2D eigenvalue weighted by atomic mass is 9.64. The molecule has 7 heteroatoms. The van der Waals surface area contributed by atoms with Gasteiger partial charge in [-0.2, -0.15) is 0 Å². The van der Waals surface area contributed by atoms with Crippen molar-refractivity contribution >= 4 is 57.9 Å². The zero-order valence-electron chi connectivity index (χ0n) is 20.9. The highest BCUT2D eigenvalue weighted by molar-refractivity contribution is 7.12. The first-order chi connectivity index (χ1) is 18.9. The van der Waals surface area contributed by atoms with Gasteiger partial charge in [-0.05, 0) is 72.0 Å². The number of para-hydroxylation sites is 1. The number of thiophene rings is 1. The van der Waals surface area contributed by atoms with Crippen molar-refractivity contribution in [2.75, 3.05) is 10.2 Å². The molecule has 4 heterocycles. The fraction of sp³-hybridized carbons (Fsp3) is 0.156. The molecule has 1 N–H and O–H groups in total. The number of fused-ring (bicyclic) bond motifs is 6. The minimum atomic E-state index is -1.30. The van der Waals surface area contributed by atoms with Crippen molar-refractivity contribution in [3.63, 3.8) is 0 Å². The average molecular weight is 551 g/mol. The molecule has 5 nitrogen and oxygen atoms in total. The van der Waals surface area contributed by atoms with E-state index in [1.807, 2.05) is 71.8 Å². The Balaban J connectivity index is 1.54. The standard InChI is InChI=1S/C32H23ClN2O3S/c1-18-8-14-24-20(17-18)11-15-26-32(22-5-2-3-6-23(22)34-31(32)38)27(30(37)25-7-4-16-39-25)28(35(24)26)29(36)19-9-12-21(33)13-10-19/h2-17,26-28H,1H3,(H,34,38)/t26-,27-,28-,32-/m0/s1. The zero-order valence-corrected chi connectivity index (χ0v) is 22.5. The van der Waals surface area contributed by atoms with Crippen LogP contribution in [0.4, 0.5) is 11.4 Å². The highest BCUT2D eigenvalue weighted by Gasteiger charge is 2.70. The van der Waals surface area contributed by atoms with Crippen LogP contribution in [0.3, 0.4) is 0 Å². The summed E-state index contributed by atoms with van der Waals surface area (Å²) in [5, 5.41) is 5.42. The molecule has 1 aromatic heterocycles. The maximum absolute atomic E-state index is 14.5. The highest BCUT2D eigenvalue weighted by atomic mass is 35.5. The summed E-state index contributed by atoms with van der Waals surface area (Å²) in [6, 6.07) is 22.4. The summed E-state index contributed by atoms with van der Waals surface area (Å²) >= 11 is 7.48. The average Bonchev–Trinajstić information content (AvgIpc) is 3.65. The number of benzene rings is 3. The van der Waals surface area contributed by atoms with Crippen LogP contribution in [0, 0.1) is 12.8 Å². The highest BCUT2D eigenvalue weighted by Crippen LogP contribution is 2.58. The normalized spacial score (nSPS) is 24.3. The van der Waals surface area contributed by atoms with Gasteiger partial charge in [-0.15, -0.1) is 11.3 Å². The van der Waals surface area contributed by atoms with Crippen molar-refractivity contribution in [2.24, 2.45) is 5.92 Å². The molecule has 4 atom stereocenters. The molecule has 1 spiro atoms. The first-order valence-electron chi connectivity index (χ1n) is 12.8. The minimum Gasteiger partial charge on any atom is -0.352 e. The van der Waals surface area contributed by atoms with Crippen molar-refractivity contribution in [3.8, 4) is 0 Å². The third kappa shape index (κ3) is 3.35. The second-order valence-electron chi connectivity index (χ2n) is 10.3. The summed E-state index contributed by atoms with van der Waals surface area (Å²) in [5.41, 5.74) is 3.43. The van der Waals surface area contributed by atoms with Crippen LogP contribution < -0.4 is 10.2 Å². The van der Waals surface area contributed by atoms with E-state index in [0.29, 0.717) is 21.2 Å². The molecule has 0 bridgehead atoms. The topological polar surface area (TPSA) is 66.5 Å². The van der Waals surface area contributed by atoms with Crippen molar-refractivity contribution in [3.05, 3.63) is 122 Å². The van der Waals surface area contributed by atoms with Gasteiger partial charge in [-0.25, -0.2) is 0 Å². The van der Waals surface area contributed by atoms with Gasteiger partial charge in [-0.3, -0.25) is 14.4 Å². The van der Waals surface area contributed by atoms with Crippen LogP contribution in [0.5, 0.6) is 0 Å². The molecule has 3 aliphatic heterocycles. The SMILES string of the molecule is Cc1ccc2c(c1)C=C[C@@H]1N2[C@H](C(=O)c2ccc(Cl)cc2)[C@@H](C(=O)c2cccs2)[C@@]12C(=O)Nc1ccccc12. The molecule has 192 valence electrons. The predicted octanol–water partition coefficient (Wildman–Crippen LogP) is 6.57. The Morgan fingerprint density at radius 1 is 0.974 bits per heavy atom. The Labute approximate surface area is 234 Å². The fourth-order valence-corrected chi connectivity index (χ4v) is 7.49. The van der Waals surface area contributed by atoms with Crippen LogP contribution in [0.15, 0.2) is 90.3 Å². The van der Waals surface area contributed by atoms with Crippen molar-refractivity contribution in [1.82, 2.24) is 0 Å². The Morgan fingerprint density at radius 2 is 1.77 bits per heavy atom. The number of nitrogens with one attached hydrogen (secondary N) is 1. The predicted molar refractivity (Wildman–Crippen MR) is 155 cm³/mol. The lowest BCUT2D eigenvalue weighted by Gasteiger charge is -2.37. The van der Waals surface area contributed by atoms with E-state index in [9.17, 15) is 14.4 Å². The van der Waals surface area contributed by atoms with E-state index < -0.39 is 23.4 Å². The van der Waals surface area contributed by atoms with Crippen LogP contribution in [0.1, 0.15) is 36.7 Å². The quantitative estimate of drug-likeness (QED) is 0.292. The molecule has 0 saturated carbocycles. The van der Waals surface area contributed by atoms with Crippen molar-refractivity contribution in [2.45, 2.75) is 24.4 Å². The Kier molecular flexibility index (Phi) is 5.41. The number of ketones is 2. The van der Waals surface area contributed by atoms with Gasteiger partial charge in [-0.1, -0.05) is 59.6 Å². The van der Waals surface area contributed by atoms with Gasteiger partial charge in [0.15, 0.2) is 11.6 Å². The van der Waals surface area contributed by atoms with E-state index in [1.54, 1.807) is 30.3 Å². The lowest BCUT2D eigenvalue weighted by Crippen LogP contribution is -2.51. The summed E-state index contributed by atoms with van der Waals surface area (Å²) in [6.07, 6.45) is 4.01. The molecule has 7 rings (SSSR count). The van der Waals surface area contributed by atoms with Crippen LogP contribution in [0.2, 0.25) is 5.02 Å². The zero-order chi connectivity index (χ0) is 26.9. The molecule has 0 aliphatic carbocycles. The number of halogens is 1. The molecule has 1 saturated heterocycles. The summed E-state index contributed by atoms with van der Waals surface area (Å²) in [4.78, 5) is 45.9. The van der Waals surface area contributed by atoms with Gasteiger partial charge in [0.05, 0.1) is 16.8 Å². The molecular weight excluding hydrogens is 528 g/mol. The Morgan fingerprint density at radius 3 is 2.54 bits per heavy atom. The maximum atomic E-state index is 14.5. The third-order valence-electron chi connectivity index (χ3n) is 8.23. The van der Waals surface area contributed by atoms with Gasteiger partial charge in [0.1, 0.15) is 11.5 Å². The van der Waals surface area contributed by atoms with Gasteiger partial charge >= 0.3 is 0 Å². The lowest BCUT2D eigenvalue weighted by molar-refractivity contribution is -0.121. The third-order valence-corrected chi connectivity index (χ3v) is 9.37. The van der Waals surface area contributed by atoms with E-state index in [0.717, 1.165) is 22.4 Å². The first-order valence-corrected chi connectivity index (χ1v) is 14.0. The first kappa shape index (κ1) is 24.1. The maximum Gasteiger partial charge on any atom is 0.238 e. The monoisotopic (exact) mass is 550 g/mol. The number of carbonyl (C=O) groups is 3. The Bertz CT molecular complexity index is 1690. The number of amides is 1. The van der Waals surface area contributed by atoms with Gasteiger partial charge in [0.25, 0.3) is 0 Å². The van der Waals surface area contributed by atoms with Gasteiger partial charge in [0.2, 0.25) is 5.91 Å².